The minimum Gasteiger partial charge on any atom is -0.290 e. The zero-order valence-corrected chi connectivity index (χ0v) is 16.5. The predicted molar refractivity (Wildman–Crippen MR) is 102 cm³/mol. The number of nitriles is 4. The Hall–Kier alpha value is -2.70. The number of ketones is 2. The van der Waals surface area contributed by atoms with Crippen molar-refractivity contribution in [3.63, 3.8) is 0 Å². The number of nitrogens with zero attached hydrogens (tertiary/aromatic N) is 4. The van der Waals surface area contributed by atoms with Crippen LogP contribution in [-0.4, -0.2) is 11.6 Å². The Morgan fingerprint density at radius 1 is 0.571 bits per heavy atom. The smallest absolute Gasteiger partial charge is 0.205 e. The highest BCUT2D eigenvalue weighted by atomic mass is 16.2. The van der Waals surface area contributed by atoms with E-state index < -0.39 is 22.4 Å². The van der Waals surface area contributed by atoms with E-state index in [4.69, 9.17) is 21.0 Å². The van der Waals surface area contributed by atoms with Gasteiger partial charge in [-0.2, -0.15) is 21.0 Å². The van der Waals surface area contributed by atoms with Crippen molar-refractivity contribution in [3.05, 3.63) is 0 Å². The number of carbonyl (C=O) groups is 2. The van der Waals surface area contributed by atoms with Gasteiger partial charge in [-0.3, -0.25) is 9.59 Å². The van der Waals surface area contributed by atoms with Crippen LogP contribution in [0.5, 0.6) is 0 Å². The summed E-state index contributed by atoms with van der Waals surface area (Å²) in [5.41, 5.74) is -1.96. The first-order valence-corrected chi connectivity index (χ1v) is 10.1. The van der Waals surface area contributed by atoms with E-state index in [0.717, 1.165) is 25.7 Å². The van der Waals surface area contributed by atoms with Crippen LogP contribution in [0, 0.1) is 56.2 Å². The molecular weight excluding hydrogens is 352 g/mol. The maximum atomic E-state index is 13.5. The van der Waals surface area contributed by atoms with Gasteiger partial charge in [-0.1, -0.05) is 25.7 Å². The molecule has 0 amide bonds. The molecule has 6 nitrogen and oxygen atoms in total. The summed E-state index contributed by atoms with van der Waals surface area (Å²) in [6.45, 7) is 0. The molecule has 0 atom stereocenters. The maximum Gasteiger partial charge on any atom is 0.205 e. The van der Waals surface area contributed by atoms with Gasteiger partial charge >= 0.3 is 0 Å². The van der Waals surface area contributed by atoms with Crippen LogP contribution >= 0.6 is 0 Å². The van der Waals surface area contributed by atoms with Crippen molar-refractivity contribution < 1.29 is 9.59 Å². The summed E-state index contributed by atoms with van der Waals surface area (Å²) in [6, 6.07) is 8.29. The van der Waals surface area contributed by atoms with Crippen molar-refractivity contribution >= 4 is 11.6 Å². The van der Waals surface area contributed by atoms with Crippen molar-refractivity contribution in [2.75, 3.05) is 0 Å². The van der Waals surface area contributed by atoms with Crippen LogP contribution in [0.15, 0.2) is 0 Å². The van der Waals surface area contributed by atoms with Gasteiger partial charge in [-0.15, -0.1) is 0 Å². The van der Waals surface area contributed by atoms with Gasteiger partial charge in [0.15, 0.2) is 0 Å². The second-order valence-electron chi connectivity index (χ2n) is 7.77. The number of Topliss-reactive ketones (excluding diaryl/α,β-unsaturated/α-hetero) is 2. The molecule has 1 aliphatic rings. The summed E-state index contributed by atoms with van der Waals surface area (Å²) < 4.78 is 0. The highest BCUT2D eigenvalue weighted by molar-refractivity contribution is 6.41. The monoisotopic (exact) mass is 380 g/mol. The molecule has 0 aliphatic heterocycles. The van der Waals surface area contributed by atoms with Crippen molar-refractivity contribution in [1.82, 2.24) is 0 Å². The van der Waals surface area contributed by atoms with Crippen molar-refractivity contribution in [2.24, 2.45) is 10.8 Å². The van der Waals surface area contributed by atoms with Crippen LogP contribution in [0.2, 0.25) is 0 Å². The number of hydrogen-bond donors (Lipinski definition) is 0. The van der Waals surface area contributed by atoms with Crippen molar-refractivity contribution in [2.45, 2.75) is 89.9 Å². The number of hydrogen-bond acceptors (Lipinski definition) is 6. The Morgan fingerprint density at radius 2 is 0.857 bits per heavy atom. The first-order chi connectivity index (χ1) is 13.5. The van der Waals surface area contributed by atoms with Gasteiger partial charge in [0.2, 0.25) is 11.6 Å². The Labute approximate surface area is 167 Å². The maximum absolute atomic E-state index is 13.5. The number of rotatable bonds is 8. The minimum absolute atomic E-state index is 0.161. The minimum atomic E-state index is -0.982. The Kier molecular flexibility index (Phi) is 9.92. The largest absolute Gasteiger partial charge is 0.290 e. The van der Waals surface area contributed by atoms with Crippen LogP contribution in [0.1, 0.15) is 89.9 Å². The van der Waals surface area contributed by atoms with E-state index >= 15 is 0 Å². The summed E-state index contributed by atoms with van der Waals surface area (Å²) in [4.78, 5) is 27.0. The molecule has 6 heteroatoms. The lowest BCUT2D eigenvalue weighted by Gasteiger charge is -2.38. The molecule has 1 fully saturated rings. The zero-order chi connectivity index (χ0) is 20.9. The average molecular weight is 380 g/mol. The third-order valence-electron chi connectivity index (χ3n) is 6.09. The highest BCUT2D eigenvalue weighted by Crippen LogP contribution is 2.44. The van der Waals surface area contributed by atoms with Gasteiger partial charge in [0, 0.05) is 36.5 Å². The van der Waals surface area contributed by atoms with Gasteiger partial charge in [0.1, 0.15) is 0 Å². The van der Waals surface area contributed by atoms with Crippen LogP contribution in [0.4, 0.5) is 0 Å². The molecule has 0 aromatic carbocycles. The van der Waals surface area contributed by atoms with Crippen LogP contribution in [0.3, 0.4) is 0 Å². The molecule has 28 heavy (non-hydrogen) atoms. The second kappa shape index (κ2) is 11.9. The quantitative estimate of drug-likeness (QED) is 0.563. The van der Waals surface area contributed by atoms with Crippen molar-refractivity contribution in [3.8, 4) is 24.3 Å². The molecular formula is C22H28N4O2. The summed E-state index contributed by atoms with van der Waals surface area (Å²) >= 11 is 0. The van der Waals surface area contributed by atoms with Crippen LogP contribution in [0.25, 0.3) is 0 Å². The molecule has 0 unspecified atom stereocenters. The molecule has 0 saturated heterocycles. The summed E-state index contributed by atoms with van der Waals surface area (Å²) in [7, 11) is 0. The van der Waals surface area contributed by atoms with E-state index in [9.17, 15) is 9.59 Å². The Balaban J connectivity index is 3.38. The van der Waals surface area contributed by atoms with Gasteiger partial charge in [-0.05, 0) is 38.5 Å². The Morgan fingerprint density at radius 3 is 1.11 bits per heavy atom. The Bertz CT molecular complexity index is 617. The fourth-order valence-corrected chi connectivity index (χ4v) is 4.37. The SMILES string of the molecule is N#CCCC1(CCC#N)CCCCCCC(CCC#N)(CCC#N)C(=O)C1=O. The summed E-state index contributed by atoms with van der Waals surface area (Å²) in [5.74, 6) is -0.980. The zero-order valence-electron chi connectivity index (χ0n) is 16.5. The first-order valence-electron chi connectivity index (χ1n) is 10.1. The van der Waals surface area contributed by atoms with E-state index in [2.05, 4.69) is 24.3 Å². The predicted octanol–water partition coefficient (Wildman–Crippen LogP) is 4.67. The summed E-state index contributed by atoms with van der Waals surface area (Å²) in [6.07, 6.45) is 6.21. The van der Waals surface area contributed by atoms with E-state index in [0.29, 0.717) is 12.8 Å². The molecule has 0 N–H and O–H groups in total. The first kappa shape index (κ1) is 23.3. The molecule has 0 spiro atoms. The van der Waals surface area contributed by atoms with E-state index in [-0.39, 0.29) is 51.4 Å². The van der Waals surface area contributed by atoms with Crippen LogP contribution < -0.4 is 0 Å². The molecule has 0 bridgehead atoms. The topological polar surface area (TPSA) is 129 Å². The third kappa shape index (κ3) is 5.90. The van der Waals surface area contributed by atoms with E-state index in [1.54, 1.807) is 0 Å². The van der Waals surface area contributed by atoms with E-state index in [1.165, 1.54) is 0 Å². The van der Waals surface area contributed by atoms with Gasteiger partial charge < -0.3 is 0 Å². The van der Waals surface area contributed by atoms with Crippen molar-refractivity contribution in [1.29, 1.82) is 21.0 Å². The number of carbonyl (C=O) groups excluding carboxylic acids is 2. The van der Waals surface area contributed by atoms with Gasteiger partial charge in [0.25, 0.3) is 0 Å². The van der Waals surface area contributed by atoms with Gasteiger partial charge in [0.05, 0.1) is 24.3 Å². The molecule has 1 aliphatic carbocycles. The third-order valence-corrected chi connectivity index (χ3v) is 6.09. The average Bonchev–Trinajstić information content (AvgIpc) is 2.72. The molecule has 0 aromatic rings. The highest BCUT2D eigenvalue weighted by Gasteiger charge is 2.48. The molecule has 1 rings (SSSR count). The molecule has 148 valence electrons. The molecule has 0 aromatic heterocycles. The summed E-state index contributed by atoms with van der Waals surface area (Å²) in [5, 5.41) is 36.3. The van der Waals surface area contributed by atoms with Gasteiger partial charge in [-0.25, -0.2) is 0 Å². The lowest BCUT2D eigenvalue weighted by molar-refractivity contribution is -0.150. The fraction of sp³-hybridized carbons (Fsp3) is 0.727. The normalized spacial score (nSPS) is 18.9. The second-order valence-corrected chi connectivity index (χ2v) is 7.77. The molecule has 1 saturated carbocycles. The standard InChI is InChI=1S/C22H28N4O2/c23-15-5-11-21(12-6-16-24)9-3-1-2-4-10-22(13-7-17-25,14-8-18-26)20(28)19(21)27/h1-14H2. The van der Waals surface area contributed by atoms with Crippen LogP contribution in [-0.2, 0) is 9.59 Å². The fourth-order valence-electron chi connectivity index (χ4n) is 4.37. The lowest BCUT2D eigenvalue weighted by Crippen LogP contribution is -2.45. The molecule has 0 heterocycles. The van der Waals surface area contributed by atoms with E-state index in [1.807, 2.05) is 0 Å². The molecule has 0 radical (unpaired) electrons. The lowest BCUT2D eigenvalue weighted by atomic mass is 9.62.